The molecule has 3 aliphatic rings. The standard InChI is InChI=1S/C6H8O4/c7-1-3-2(8)5-6(9-3)4(1)10-5/h1-8H/t1-,2-,3?,4-,5+,6?/m0/s1. The average molecular weight is 144 g/mol. The Morgan fingerprint density at radius 1 is 0.700 bits per heavy atom. The first kappa shape index (κ1) is 5.49. The summed E-state index contributed by atoms with van der Waals surface area (Å²) in [7, 11) is 0. The Morgan fingerprint density at radius 2 is 1.20 bits per heavy atom. The molecule has 3 fully saturated rings. The van der Waals surface area contributed by atoms with Crippen molar-refractivity contribution in [1.82, 2.24) is 0 Å². The van der Waals surface area contributed by atoms with E-state index >= 15 is 0 Å². The minimum absolute atomic E-state index is 0.0324. The lowest BCUT2D eigenvalue weighted by atomic mass is 9.84. The zero-order chi connectivity index (χ0) is 6.88. The highest BCUT2D eigenvalue weighted by molar-refractivity contribution is 5.15. The third kappa shape index (κ3) is 0.362. The number of fused-ring (bicyclic) bond motifs is 1. The minimum atomic E-state index is -0.606. The number of aliphatic hydroxyl groups is 2. The van der Waals surface area contributed by atoms with Crippen LogP contribution in [-0.4, -0.2) is 46.8 Å². The Hall–Kier alpha value is -0.160. The fraction of sp³-hybridized carbons (Fsp3) is 1.00. The Bertz CT molecular complexity index is 163. The van der Waals surface area contributed by atoms with Crippen LogP contribution in [0.25, 0.3) is 0 Å². The van der Waals surface area contributed by atoms with Gasteiger partial charge in [0.15, 0.2) is 0 Å². The summed E-state index contributed by atoms with van der Waals surface area (Å²) in [6.45, 7) is 0. The van der Waals surface area contributed by atoms with Gasteiger partial charge >= 0.3 is 0 Å². The Morgan fingerprint density at radius 3 is 1.50 bits per heavy atom. The van der Waals surface area contributed by atoms with Crippen LogP contribution < -0.4 is 0 Å². The smallest absolute Gasteiger partial charge is 0.116 e. The maximum Gasteiger partial charge on any atom is 0.116 e. The van der Waals surface area contributed by atoms with Gasteiger partial charge in [-0.05, 0) is 0 Å². The van der Waals surface area contributed by atoms with E-state index in [4.69, 9.17) is 9.47 Å². The van der Waals surface area contributed by atoms with E-state index in [0.717, 1.165) is 0 Å². The molecule has 0 amide bonds. The van der Waals surface area contributed by atoms with Gasteiger partial charge in [0.1, 0.15) is 36.6 Å². The molecule has 6 atom stereocenters. The molecular formula is C6H8O4. The molecule has 2 N–H and O–H groups in total. The second-order valence-electron chi connectivity index (χ2n) is 3.11. The van der Waals surface area contributed by atoms with E-state index in [0.29, 0.717) is 0 Å². The van der Waals surface area contributed by atoms with Crippen molar-refractivity contribution in [3.63, 3.8) is 0 Å². The molecule has 0 spiro atoms. The van der Waals surface area contributed by atoms with Crippen LogP contribution in [0.4, 0.5) is 0 Å². The summed E-state index contributed by atoms with van der Waals surface area (Å²) in [4.78, 5) is 0. The van der Waals surface area contributed by atoms with E-state index in [1.54, 1.807) is 0 Å². The molecule has 4 heteroatoms. The van der Waals surface area contributed by atoms with Crippen LogP contribution in [0, 0.1) is 0 Å². The fourth-order valence-corrected chi connectivity index (χ4v) is 2.06. The van der Waals surface area contributed by atoms with Gasteiger partial charge in [0.05, 0.1) is 0 Å². The van der Waals surface area contributed by atoms with Crippen molar-refractivity contribution in [3.8, 4) is 0 Å². The third-order valence-electron chi connectivity index (χ3n) is 2.62. The molecule has 0 aromatic heterocycles. The van der Waals surface area contributed by atoms with Crippen LogP contribution in [0.2, 0.25) is 0 Å². The van der Waals surface area contributed by atoms with Crippen molar-refractivity contribution in [1.29, 1.82) is 0 Å². The molecule has 0 aromatic carbocycles. The van der Waals surface area contributed by atoms with Crippen molar-refractivity contribution < 1.29 is 19.7 Å². The average Bonchev–Trinajstić information content (AvgIpc) is 2.16. The summed E-state index contributed by atoms with van der Waals surface area (Å²) in [5.74, 6) is 0. The maximum absolute atomic E-state index is 9.29. The monoisotopic (exact) mass is 144 g/mol. The van der Waals surface area contributed by atoms with Gasteiger partial charge < -0.3 is 19.7 Å². The van der Waals surface area contributed by atoms with Gasteiger partial charge in [0.25, 0.3) is 0 Å². The van der Waals surface area contributed by atoms with Crippen LogP contribution in [0.1, 0.15) is 0 Å². The predicted octanol–water partition coefficient (Wildman–Crippen LogP) is -1.74. The first-order valence-corrected chi connectivity index (χ1v) is 3.46. The summed E-state index contributed by atoms with van der Waals surface area (Å²) < 4.78 is 10.4. The molecule has 2 unspecified atom stereocenters. The number of ether oxygens (including phenoxy) is 2. The van der Waals surface area contributed by atoms with E-state index in [1.165, 1.54) is 0 Å². The molecule has 3 rings (SSSR count). The highest BCUT2D eigenvalue weighted by Gasteiger charge is 2.68. The van der Waals surface area contributed by atoms with Crippen molar-refractivity contribution in [2.75, 3.05) is 0 Å². The molecule has 2 bridgehead atoms. The van der Waals surface area contributed by atoms with Crippen LogP contribution >= 0.6 is 0 Å². The van der Waals surface area contributed by atoms with Gasteiger partial charge in [-0.25, -0.2) is 0 Å². The first-order chi connectivity index (χ1) is 4.79. The quantitative estimate of drug-likeness (QED) is 0.423. The van der Waals surface area contributed by atoms with Crippen molar-refractivity contribution in [2.45, 2.75) is 36.6 Å². The zero-order valence-electron chi connectivity index (χ0n) is 5.18. The van der Waals surface area contributed by atoms with E-state index in [1.807, 2.05) is 0 Å². The Balaban J connectivity index is 2.00. The predicted molar refractivity (Wildman–Crippen MR) is 29.3 cm³/mol. The van der Waals surface area contributed by atoms with Crippen LogP contribution in [0.3, 0.4) is 0 Å². The van der Waals surface area contributed by atoms with E-state index in [2.05, 4.69) is 0 Å². The number of hydrogen-bond acceptors (Lipinski definition) is 4. The summed E-state index contributed by atoms with van der Waals surface area (Å²) in [6, 6.07) is 0. The maximum atomic E-state index is 9.29. The lowest BCUT2D eigenvalue weighted by Gasteiger charge is -2.43. The zero-order valence-corrected chi connectivity index (χ0v) is 5.18. The van der Waals surface area contributed by atoms with Gasteiger partial charge in [0, 0.05) is 0 Å². The molecule has 3 heterocycles. The normalized spacial score (nSPS) is 70.2. The highest BCUT2D eigenvalue weighted by atomic mass is 16.7. The van der Waals surface area contributed by atoms with Crippen LogP contribution in [0.15, 0.2) is 0 Å². The second kappa shape index (κ2) is 1.38. The van der Waals surface area contributed by atoms with E-state index < -0.39 is 12.2 Å². The summed E-state index contributed by atoms with van der Waals surface area (Å²) >= 11 is 0. The molecule has 4 nitrogen and oxygen atoms in total. The largest absolute Gasteiger partial charge is 0.387 e. The molecule has 0 radical (unpaired) electrons. The number of aliphatic hydroxyl groups excluding tert-OH is 2. The Labute approximate surface area is 57.4 Å². The topological polar surface area (TPSA) is 58.9 Å². The van der Waals surface area contributed by atoms with Gasteiger partial charge in [-0.2, -0.15) is 0 Å². The van der Waals surface area contributed by atoms with Gasteiger partial charge in [-0.1, -0.05) is 0 Å². The van der Waals surface area contributed by atoms with Crippen molar-refractivity contribution in [2.24, 2.45) is 0 Å². The first-order valence-electron chi connectivity index (χ1n) is 3.46. The van der Waals surface area contributed by atoms with E-state index in [-0.39, 0.29) is 24.4 Å². The molecule has 0 aromatic rings. The van der Waals surface area contributed by atoms with E-state index in [9.17, 15) is 10.2 Å². The minimum Gasteiger partial charge on any atom is -0.387 e. The molecular weight excluding hydrogens is 136 g/mol. The summed E-state index contributed by atoms with van der Waals surface area (Å²) in [6.07, 6.45) is -1.93. The van der Waals surface area contributed by atoms with Gasteiger partial charge in [0.2, 0.25) is 0 Å². The Kier molecular flexibility index (Phi) is 0.757. The van der Waals surface area contributed by atoms with Crippen LogP contribution in [-0.2, 0) is 9.47 Å². The molecule has 0 saturated carbocycles. The van der Waals surface area contributed by atoms with Crippen molar-refractivity contribution >= 4 is 0 Å². The molecule has 0 aliphatic carbocycles. The van der Waals surface area contributed by atoms with Crippen molar-refractivity contribution in [3.05, 3.63) is 0 Å². The van der Waals surface area contributed by atoms with Gasteiger partial charge in [-0.15, -0.1) is 0 Å². The lowest BCUT2D eigenvalue weighted by molar-refractivity contribution is -0.233. The molecule has 3 saturated heterocycles. The molecule has 56 valence electrons. The second-order valence-corrected chi connectivity index (χ2v) is 3.11. The fourth-order valence-electron chi connectivity index (χ4n) is 2.06. The summed E-state index contributed by atoms with van der Waals surface area (Å²) in [5.41, 5.74) is 0. The summed E-state index contributed by atoms with van der Waals surface area (Å²) in [5, 5.41) is 18.6. The third-order valence-corrected chi connectivity index (χ3v) is 2.62. The SMILES string of the molecule is O[C@H]1C2OC3[C@H]1O[C@@H]3[C@H]2O. The highest BCUT2D eigenvalue weighted by Crippen LogP contribution is 2.46. The van der Waals surface area contributed by atoms with Gasteiger partial charge in [-0.3, -0.25) is 0 Å². The lowest BCUT2D eigenvalue weighted by Crippen LogP contribution is -2.64. The van der Waals surface area contributed by atoms with Crippen LogP contribution in [0.5, 0.6) is 0 Å². The number of rotatable bonds is 0. The molecule has 3 aliphatic heterocycles. The molecule has 10 heavy (non-hydrogen) atoms. The number of hydrogen-bond donors (Lipinski definition) is 2.